The summed E-state index contributed by atoms with van der Waals surface area (Å²) in [6.45, 7) is 1.46. The molecule has 1 atom stereocenters. The Labute approximate surface area is 148 Å². The number of hydrogen-bond donors (Lipinski definition) is 2. The number of imidazole rings is 1. The molecule has 0 aliphatic rings. The molecule has 3 aromatic rings. The van der Waals surface area contributed by atoms with Crippen molar-refractivity contribution in [3.05, 3.63) is 66.1 Å². The summed E-state index contributed by atoms with van der Waals surface area (Å²) in [6.07, 6.45) is 2.26. The molecule has 0 aliphatic heterocycles. The van der Waals surface area contributed by atoms with Crippen LogP contribution in [-0.2, 0) is 9.53 Å². The number of hydrogen-bond acceptors (Lipinski definition) is 5. The lowest BCUT2D eigenvalue weighted by molar-refractivity contribution is -0.123. The van der Waals surface area contributed by atoms with E-state index in [-0.39, 0.29) is 5.69 Å². The number of rotatable bonds is 5. The third-order valence-electron chi connectivity index (χ3n) is 3.66. The smallest absolute Gasteiger partial charge is 0.359 e. The lowest BCUT2D eigenvalue weighted by Crippen LogP contribution is -2.30. The Balaban J connectivity index is 1.62. The number of carbonyl (C=O) groups is 3. The lowest BCUT2D eigenvalue weighted by Gasteiger charge is -2.12. The maximum Gasteiger partial charge on any atom is 0.359 e. The molecule has 0 aliphatic carbocycles. The quantitative estimate of drug-likeness (QED) is 0.677. The third kappa shape index (κ3) is 3.69. The molecule has 0 saturated carbocycles. The van der Waals surface area contributed by atoms with E-state index in [1.54, 1.807) is 22.7 Å². The molecule has 0 spiro atoms. The molecule has 0 fully saturated rings. The minimum Gasteiger partial charge on any atom is -0.448 e. The van der Waals surface area contributed by atoms with Crippen LogP contribution in [0.3, 0.4) is 0 Å². The van der Waals surface area contributed by atoms with E-state index >= 15 is 0 Å². The molecule has 3 N–H and O–H groups in total. The van der Waals surface area contributed by atoms with E-state index in [0.717, 1.165) is 0 Å². The number of nitrogens with zero attached hydrogens (tertiary/aromatic N) is 2. The van der Waals surface area contributed by atoms with E-state index in [0.29, 0.717) is 16.9 Å². The van der Waals surface area contributed by atoms with Crippen molar-refractivity contribution in [1.29, 1.82) is 0 Å². The molecule has 8 heteroatoms. The largest absolute Gasteiger partial charge is 0.448 e. The second-order valence-corrected chi connectivity index (χ2v) is 5.57. The average molecular weight is 352 g/mol. The van der Waals surface area contributed by atoms with Crippen LogP contribution in [0.25, 0.3) is 5.65 Å². The number of nitrogens with one attached hydrogen (secondary N) is 1. The third-order valence-corrected chi connectivity index (χ3v) is 3.66. The number of fused-ring (bicyclic) bond motifs is 1. The van der Waals surface area contributed by atoms with Gasteiger partial charge in [-0.1, -0.05) is 6.07 Å². The molecule has 0 radical (unpaired) electrons. The van der Waals surface area contributed by atoms with Gasteiger partial charge in [-0.15, -0.1) is 0 Å². The molecule has 3 rings (SSSR count). The predicted molar refractivity (Wildman–Crippen MR) is 93.7 cm³/mol. The van der Waals surface area contributed by atoms with Crippen molar-refractivity contribution >= 4 is 29.1 Å². The molecule has 2 amide bonds. The van der Waals surface area contributed by atoms with Gasteiger partial charge in [-0.25, -0.2) is 9.78 Å². The number of esters is 1. The van der Waals surface area contributed by atoms with Crippen LogP contribution in [-0.4, -0.2) is 33.3 Å². The standard InChI is InChI=1S/C18H16N4O4/c1-11(17(24)20-13-7-5-12(6-8-13)16(19)23)26-18(25)14-10-22-9-3-2-4-15(22)21-14/h2-11H,1H3,(H2,19,23)(H,20,24)/t11-/m1/s1. The fraction of sp³-hybridized carbons (Fsp3) is 0.111. The summed E-state index contributed by atoms with van der Waals surface area (Å²) < 4.78 is 6.84. The molecule has 132 valence electrons. The molecular formula is C18H16N4O4. The van der Waals surface area contributed by atoms with Gasteiger partial charge in [0, 0.05) is 23.6 Å². The van der Waals surface area contributed by atoms with Crippen LogP contribution in [0.1, 0.15) is 27.8 Å². The Kier molecular flexibility index (Phi) is 4.66. The normalized spacial score (nSPS) is 11.7. The van der Waals surface area contributed by atoms with Gasteiger partial charge >= 0.3 is 5.97 Å². The van der Waals surface area contributed by atoms with Crippen LogP contribution in [0.15, 0.2) is 54.9 Å². The first-order valence-electron chi connectivity index (χ1n) is 7.79. The number of pyridine rings is 1. The molecular weight excluding hydrogens is 336 g/mol. The molecule has 8 nitrogen and oxygen atoms in total. The van der Waals surface area contributed by atoms with Crippen molar-refractivity contribution in [2.75, 3.05) is 5.32 Å². The fourth-order valence-electron chi connectivity index (χ4n) is 2.27. The van der Waals surface area contributed by atoms with Crippen molar-refractivity contribution in [3.8, 4) is 0 Å². The Bertz CT molecular complexity index is 945. The fourth-order valence-corrected chi connectivity index (χ4v) is 2.27. The first-order chi connectivity index (χ1) is 12.4. The minimum absolute atomic E-state index is 0.113. The van der Waals surface area contributed by atoms with E-state index in [4.69, 9.17) is 10.5 Å². The van der Waals surface area contributed by atoms with E-state index in [9.17, 15) is 14.4 Å². The first-order valence-corrected chi connectivity index (χ1v) is 7.79. The van der Waals surface area contributed by atoms with Crippen LogP contribution >= 0.6 is 0 Å². The van der Waals surface area contributed by atoms with Crippen molar-refractivity contribution < 1.29 is 19.1 Å². The zero-order chi connectivity index (χ0) is 18.7. The molecule has 1 aromatic carbocycles. The summed E-state index contributed by atoms with van der Waals surface area (Å²) in [5.74, 6) is -1.76. The second kappa shape index (κ2) is 7.06. The zero-order valence-corrected chi connectivity index (χ0v) is 13.9. The van der Waals surface area contributed by atoms with Crippen LogP contribution in [0.2, 0.25) is 0 Å². The van der Waals surface area contributed by atoms with Gasteiger partial charge in [0.1, 0.15) is 5.65 Å². The van der Waals surface area contributed by atoms with E-state index < -0.39 is 23.9 Å². The first kappa shape index (κ1) is 17.2. The monoisotopic (exact) mass is 352 g/mol. The Morgan fingerprint density at radius 2 is 1.88 bits per heavy atom. The number of carbonyl (C=O) groups excluding carboxylic acids is 3. The lowest BCUT2D eigenvalue weighted by atomic mass is 10.2. The molecule has 0 unspecified atom stereocenters. The highest BCUT2D eigenvalue weighted by atomic mass is 16.5. The van der Waals surface area contributed by atoms with Crippen LogP contribution < -0.4 is 11.1 Å². The van der Waals surface area contributed by atoms with Crippen LogP contribution in [0.5, 0.6) is 0 Å². The zero-order valence-electron chi connectivity index (χ0n) is 13.9. The van der Waals surface area contributed by atoms with Crippen molar-refractivity contribution in [1.82, 2.24) is 9.38 Å². The van der Waals surface area contributed by atoms with Crippen LogP contribution in [0, 0.1) is 0 Å². The highest BCUT2D eigenvalue weighted by Crippen LogP contribution is 2.11. The van der Waals surface area contributed by atoms with Crippen molar-refractivity contribution in [2.45, 2.75) is 13.0 Å². The molecule has 26 heavy (non-hydrogen) atoms. The summed E-state index contributed by atoms with van der Waals surface area (Å²) in [5, 5.41) is 2.60. The summed E-state index contributed by atoms with van der Waals surface area (Å²) in [6, 6.07) is 11.4. The number of ether oxygens (including phenoxy) is 1. The molecule has 2 heterocycles. The van der Waals surface area contributed by atoms with Gasteiger partial charge in [-0.3, -0.25) is 9.59 Å². The van der Waals surface area contributed by atoms with Crippen LogP contribution in [0.4, 0.5) is 5.69 Å². The van der Waals surface area contributed by atoms with E-state index in [1.807, 2.05) is 6.07 Å². The van der Waals surface area contributed by atoms with Gasteiger partial charge in [0.15, 0.2) is 11.8 Å². The molecule has 0 saturated heterocycles. The average Bonchev–Trinajstić information content (AvgIpc) is 3.06. The van der Waals surface area contributed by atoms with Gasteiger partial charge in [0.25, 0.3) is 5.91 Å². The summed E-state index contributed by atoms with van der Waals surface area (Å²) in [7, 11) is 0. The Morgan fingerprint density at radius 3 is 2.54 bits per heavy atom. The number of benzene rings is 1. The maximum atomic E-state index is 12.2. The number of aromatic nitrogens is 2. The Hall–Kier alpha value is -3.68. The highest BCUT2D eigenvalue weighted by molar-refractivity contribution is 5.98. The van der Waals surface area contributed by atoms with Gasteiger partial charge in [-0.05, 0) is 43.3 Å². The topological polar surface area (TPSA) is 116 Å². The Morgan fingerprint density at radius 1 is 1.15 bits per heavy atom. The van der Waals surface area contributed by atoms with Gasteiger partial charge < -0.3 is 20.2 Å². The number of anilines is 1. The van der Waals surface area contributed by atoms with Gasteiger partial charge in [-0.2, -0.15) is 0 Å². The summed E-state index contributed by atoms with van der Waals surface area (Å²) in [4.78, 5) is 39.5. The van der Waals surface area contributed by atoms with Crippen molar-refractivity contribution in [3.63, 3.8) is 0 Å². The maximum absolute atomic E-state index is 12.2. The summed E-state index contributed by atoms with van der Waals surface area (Å²) >= 11 is 0. The summed E-state index contributed by atoms with van der Waals surface area (Å²) in [5.41, 5.74) is 6.66. The van der Waals surface area contributed by atoms with Crippen molar-refractivity contribution in [2.24, 2.45) is 5.73 Å². The van der Waals surface area contributed by atoms with E-state index in [2.05, 4.69) is 10.3 Å². The SMILES string of the molecule is C[C@@H](OC(=O)c1cn2ccccc2n1)C(=O)Nc1ccc(C(N)=O)cc1. The van der Waals surface area contributed by atoms with E-state index in [1.165, 1.54) is 37.4 Å². The molecule has 0 bridgehead atoms. The minimum atomic E-state index is -1.02. The highest BCUT2D eigenvalue weighted by Gasteiger charge is 2.21. The predicted octanol–water partition coefficient (Wildman–Crippen LogP) is 1.62. The molecule has 2 aromatic heterocycles. The number of nitrogens with two attached hydrogens (primary N) is 1. The number of primary amides is 1. The van der Waals surface area contributed by atoms with Gasteiger partial charge in [0.05, 0.1) is 0 Å². The second-order valence-electron chi connectivity index (χ2n) is 5.57. The number of amides is 2. The van der Waals surface area contributed by atoms with Gasteiger partial charge in [0.2, 0.25) is 5.91 Å².